The summed E-state index contributed by atoms with van der Waals surface area (Å²) in [6.07, 6.45) is 2.15. The number of rotatable bonds is 4. The standard InChI is InChI=1S/C15H15N2O2P/c1-19-20(18,14-5-3-2-4-6-14)11-12-7-8-15-13(9-12)10-16-17-15/h2-10H,11H2,1H3,(H,16,17). The van der Waals surface area contributed by atoms with Gasteiger partial charge >= 0.3 is 0 Å². The second-order valence-electron chi connectivity index (χ2n) is 4.64. The Morgan fingerprint density at radius 2 is 2.00 bits per heavy atom. The molecule has 102 valence electrons. The van der Waals surface area contributed by atoms with E-state index in [4.69, 9.17) is 4.52 Å². The van der Waals surface area contributed by atoms with Crippen LogP contribution < -0.4 is 5.30 Å². The highest BCUT2D eigenvalue weighted by Crippen LogP contribution is 2.48. The molecule has 0 saturated heterocycles. The van der Waals surface area contributed by atoms with E-state index in [0.717, 1.165) is 21.8 Å². The molecular formula is C15H15N2O2P. The van der Waals surface area contributed by atoms with Crippen molar-refractivity contribution >= 4 is 23.6 Å². The van der Waals surface area contributed by atoms with Gasteiger partial charge in [-0.25, -0.2) is 0 Å². The normalized spacial score (nSPS) is 14.2. The lowest BCUT2D eigenvalue weighted by molar-refractivity contribution is 0.402. The van der Waals surface area contributed by atoms with Gasteiger partial charge in [0.15, 0.2) is 0 Å². The van der Waals surface area contributed by atoms with Gasteiger partial charge in [0.2, 0.25) is 7.37 Å². The van der Waals surface area contributed by atoms with Crippen molar-refractivity contribution in [2.45, 2.75) is 6.16 Å². The number of aromatic nitrogens is 2. The first-order valence-electron chi connectivity index (χ1n) is 6.34. The van der Waals surface area contributed by atoms with E-state index in [-0.39, 0.29) is 0 Å². The molecule has 0 amide bonds. The number of fused-ring (bicyclic) bond motifs is 1. The molecule has 2 aromatic carbocycles. The zero-order valence-electron chi connectivity index (χ0n) is 11.1. The van der Waals surface area contributed by atoms with Gasteiger partial charge in [-0.2, -0.15) is 5.10 Å². The maximum atomic E-state index is 13.0. The van der Waals surface area contributed by atoms with E-state index >= 15 is 0 Å². The van der Waals surface area contributed by atoms with E-state index in [2.05, 4.69) is 10.2 Å². The van der Waals surface area contributed by atoms with Crippen LogP contribution in [0.5, 0.6) is 0 Å². The van der Waals surface area contributed by atoms with E-state index in [9.17, 15) is 4.57 Å². The fraction of sp³-hybridized carbons (Fsp3) is 0.133. The summed E-state index contributed by atoms with van der Waals surface area (Å²) in [5.74, 6) is 0. The molecule has 0 aliphatic carbocycles. The summed E-state index contributed by atoms with van der Waals surface area (Å²) < 4.78 is 18.3. The molecule has 1 unspecified atom stereocenters. The van der Waals surface area contributed by atoms with Gasteiger partial charge in [-0.15, -0.1) is 0 Å². The summed E-state index contributed by atoms with van der Waals surface area (Å²) >= 11 is 0. The lowest BCUT2D eigenvalue weighted by atomic mass is 10.2. The lowest BCUT2D eigenvalue weighted by Gasteiger charge is -2.16. The molecule has 1 atom stereocenters. The number of aromatic amines is 1. The largest absolute Gasteiger partial charge is 0.328 e. The second kappa shape index (κ2) is 5.23. The van der Waals surface area contributed by atoms with Gasteiger partial charge in [0.05, 0.1) is 17.9 Å². The van der Waals surface area contributed by atoms with Gasteiger partial charge in [-0.05, 0) is 29.8 Å². The van der Waals surface area contributed by atoms with Crippen LogP contribution in [0.4, 0.5) is 0 Å². The fourth-order valence-corrected chi connectivity index (χ4v) is 4.07. The van der Waals surface area contributed by atoms with Crippen molar-refractivity contribution in [2.75, 3.05) is 7.11 Å². The number of H-pyrrole nitrogens is 1. The number of nitrogens with one attached hydrogen (secondary N) is 1. The number of hydrogen-bond acceptors (Lipinski definition) is 3. The average Bonchev–Trinajstić information content (AvgIpc) is 2.95. The summed E-state index contributed by atoms with van der Waals surface area (Å²) in [5.41, 5.74) is 1.95. The van der Waals surface area contributed by atoms with Crippen molar-refractivity contribution in [3.8, 4) is 0 Å². The molecule has 0 radical (unpaired) electrons. The molecule has 5 heteroatoms. The van der Waals surface area contributed by atoms with Crippen LogP contribution in [0.2, 0.25) is 0 Å². The lowest BCUT2D eigenvalue weighted by Crippen LogP contribution is -2.07. The van der Waals surface area contributed by atoms with Crippen molar-refractivity contribution in [3.05, 3.63) is 60.3 Å². The highest BCUT2D eigenvalue weighted by atomic mass is 31.2. The molecular weight excluding hydrogens is 271 g/mol. The Bertz CT molecular complexity index is 768. The zero-order chi connectivity index (χ0) is 14.0. The van der Waals surface area contributed by atoms with Crippen LogP contribution in [0, 0.1) is 0 Å². The molecule has 4 nitrogen and oxygen atoms in total. The van der Waals surface area contributed by atoms with Gasteiger partial charge in [0.1, 0.15) is 0 Å². The first-order valence-corrected chi connectivity index (χ1v) is 8.15. The van der Waals surface area contributed by atoms with E-state index in [1.165, 1.54) is 7.11 Å². The minimum Gasteiger partial charge on any atom is -0.328 e. The molecule has 0 aliphatic rings. The summed E-state index contributed by atoms with van der Waals surface area (Å²) in [7, 11) is -1.36. The molecule has 3 aromatic rings. The monoisotopic (exact) mass is 286 g/mol. The summed E-state index contributed by atoms with van der Waals surface area (Å²) in [6, 6.07) is 15.2. The van der Waals surface area contributed by atoms with Crippen LogP contribution >= 0.6 is 7.37 Å². The molecule has 0 fully saturated rings. The predicted octanol–water partition coefficient (Wildman–Crippen LogP) is 3.31. The topological polar surface area (TPSA) is 55.0 Å². The average molecular weight is 286 g/mol. The van der Waals surface area contributed by atoms with Crippen LogP contribution in [0.25, 0.3) is 10.9 Å². The van der Waals surface area contributed by atoms with Gasteiger partial charge in [0.25, 0.3) is 0 Å². The third-order valence-corrected chi connectivity index (χ3v) is 5.80. The van der Waals surface area contributed by atoms with Gasteiger partial charge in [0, 0.05) is 17.8 Å². The molecule has 1 aromatic heterocycles. The van der Waals surface area contributed by atoms with Crippen LogP contribution in [-0.4, -0.2) is 17.3 Å². The Hall–Kier alpha value is -1.90. The molecule has 3 rings (SSSR count). The SMILES string of the molecule is COP(=O)(Cc1ccc2[nH]ncc2c1)c1ccccc1. The summed E-state index contributed by atoms with van der Waals surface area (Å²) in [5, 5.41) is 8.65. The molecule has 1 N–H and O–H groups in total. The molecule has 20 heavy (non-hydrogen) atoms. The third kappa shape index (κ3) is 2.40. The van der Waals surface area contributed by atoms with Gasteiger partial charge in [-0.3, -0.25) is 9.66 Å². The Balaban J connectivity index is 1.96. The van der Waals surface area contributed by atoms with E-state index in [1.54, 1.807) is 6.20 Å². The van der Waals surface area contributed by atoms with Crippen molar-refractivity contribution in [3.63, 3.8) is 0 Å². The Labute approximate surface area is 117 Å². The smallest absolute Gasteiger partial charge is 0.236 e. The number of nitrogens with zero attached hydrogens (tertiary/aromatic N) is 1. The fourth-order valence-electron chi connectivity index (χ4n) is 2.25. The first-order chi connectivity index (χ1) is 9.71. The maximum absolute atomic E-state index is 13.0. The molecule has 0 spiro atoms. The van der Waals surface area contributed by atoms with Crippen molar-refractivity contribution < 1.29 is 9.09 Å². The number of hydrogen-bond donors (Lipinski definition) is 1. The van der Waals surface area contributed by atoms with Crippen LogP contribution in [0.3, 0.4) is 0 Å². The van der Waals surface area contributed by atoms with Crippen LogP contribution in [0.15, 0.2) is 54.7 Å². The predicted molar refractivity (Wildman–Crippen MR) is 80.5 cm³/mol. The second-order valence-corrected chi connectivity index (χ2v) is 7.19. The Kier molecular flexibility index (Phi) is 3.43. The van der Waals surface area contributed by atoms with Gasteiger partial charge in [-0.1, -0.05) is 24.3 Å². The minimum atomic E-state index is -2.86. The first kappa shape index (κ1) is 13.1. The van der Waals surface area contributed by atoms with Crippen molar-refractivity contribution in [1.29, 1.82) is 0 Å². The van der Waals surface area contributed by atoms with E-state index < -0.39 is 7.37 Å². The highest BCUT2D eigenvalue weighted by Gasteiger charge is 2.24. The van der Waals surface area contributed by atoms with E-state index in [0.29, 0.717) is 6.16 Å². The van der Waals surface area contributed by atoms with Crippen molar-refractivity contribution in [2.24, 2.45) is 0 Å². The Morgan fingerprint density at radius 1 is 1.20 bits per heavy atom. The Morgan fingerprint density at radius 3 is 2.75 bits per heavy atom. The maximum Gasteiger partial charge on any atom is 0.236 e. The quantitative estimate of drug-likeness (QED) is 0.749. The number of benzene rings is 2. The third-order valence-electron chi connectivity index (χ3n) is 3.34. The zero-order valence-corrected chi connectivity index (χ0v) is 12.0. The summed E-state index contributed by atoms with van der Waals surface area (Å²) in [4.78, 5) is 0. The van der Waals surface area contributed by atoms with E-state index in [1.807, 2.05) is 48.5 Å². The minimum absolute atomic E-state index is 0.384. The molecule has 0 bridgehead atoms. The molecule has 0 saturated carbocycles. The van der Waals surface area contributed by atoms with Crippen LogP contribution in [-0.2, 0) is 15.3 Å². The molecule has 0 aliphatic heterocycles. The highest BCUT2D eigenvalue weighted by molar-refractivity contribution is 7.66. The molecule has 1 heterocycles. The van der Waals surface area contributed by atoms with Crippen molar-refractivity contribution in [1.82, 2.24) is 10.2 Å². The van der Waals surface area contributed by atoms with Gasteiger partial charge < -0.3 is 4.52 Å². The van der Waals surface area contributed by atoms with Crippen LogP contribution in [0.1, 0.15) is 5.56 Å². The summed E-state index contributed by atoms with van der Waals surface area (Å²) in [6.45, 7) is 0.